The molecule has 1 aromatic heterocycles. The summed E-state index contributed by atoms with van der Waals surface area (Å²) < 4.78 is 20.0. The first-order chi connectivity index (χ1) is 9.24. The van der Waals surface area contributed by atoms with Gasteiger partial charge < -0.3 is 4.42 Å². The predicted molar refractivity (Wildman–Crippen MR) is 72.8 cm³/mol. The molecule has 0 aliphatic rings. The SMILES string of the molecule is Fc1cc(Br)ccc1-c1nnc(-c2ccccc2)o1. The van der Waals surface area contributed by atoms with Crippen molar-refractivity contribution in [1.29, 1.82) is 0 Å². The first-order valence-electron chi connectivity index (χ1n) is 5.58. The Kier molecular flexibility index (Phi) is 3.13. The first kappa shape index (κ1) is 12.0. The number of halogens is 2. The van der Waals surface area contributed by atoms with Crippen molar-refractivity contribution in [3.05, 3.63) is 58.8 Å². The van der Waals surface area contributed by atoms with Crippen molar-refractivity contribution in [2.24, 2.45) is 0 Å². The Labute approximate surface area is 117 Å². The molecule has 0 saturated heterocycles. The molecule has 0 radical (unpaired) electrons. The maximum atomic E-state index is 13.8. The van der Waals surface area contributed by atoms with Gasteiger partial charge in [-0.25, -0.2) is 4.39 Å². The molecule has 0 fully saturated rings. The van der Waals surface area contributed by atoms with Gasteiger partial charge in [0.15, 0.2) is 0 Å². The summed E-state index contributed by atoms with van der Waals surface area (Å²) in [7, 11) is 0. The largest absolute Gasteiger partial charge is 0.416 e. The summed E-state index contributed by atoms with van der Waals surface area (Å²) in [4.78, 5) is 0. The zero-order valence-electron chi connectivity index (χ0n) is 9.68. The Morgan fingerprint density at radius 1 is 0.947 bits per heavy atom. The minimum Gasteiger partial charge on any atom is -0.416 e. The number of hydrogen-bond donors (Lipinski definition) is 0. The minimum absolute atomic E-state index is 0.170. The van der Waals surface area contributed by atoms with Crippen LogP contribution in [0.3, 0.4) is 0 Å². The summed E-state index contributed by atoms with van der Waals surface area (Å²) in [5, 5.41) is 7.81. The van der Waals surface area contributed by atoms with Crippen LogP contribution in [0.5, 0.6) is 0 Å². The van der Waals surface area contributed by atoms with Crippen LogP contribution >= 0.6 is 15.9 Å². The molecule has 5 heteroatoms. The molecule has 0 bridgehead atoms. The second-order valence-corrected chi connectivity index (χ2v) is 4.82. The van der Waals surface area contributed by atoms with E-state index in [2.05, 4.69) is 26.1 Å². The summed E-state index contributed by atoms with van der Waals surface area (Å²) in [6.45, 7) is 0. The van der Waals surface area contributed by atoms with Crippen LogP contribution in [0, 0.1) is 5.82 Å². The highest BCUT2D eigenvalue weighted by Gasteiger charge is 2.14. The van der Waals surface area contributed by atoms with E-state index in [4.69, 9.17) is 4.42 Å². The van der Waals surface area contributed by atoms with Crippen LogP contribution in [-0.4, -0.2) is 10.2 Å². The molecule has 3 aromatic rings. The van der Waals surface area contributed by atoms with Crippen molar-refractivity contribution < 1.29 is 8.81 Å². The van der Waals surface area contributed by atoms with Gasteiger partial charge in [-0.3, -0.25) is 0 Å². The van der Waals surface area contributed by atoms with Crippen molar-refractivity contribution >= 4 is 15.9 Å². The third-order valence-electron chi connectivity index (χ3n) is 2.61. The van der Waals surface area contributed by atoms with Crippen molar-refractivity contribution in [1.82, 2.24) is 10.2 Å². The maximum absolute atomic E-state index is 13.8. The van der Waals surface area contributed by atoms with Crippen molar-refractivity contribution in [2.45, 2.75) is 0 Å². The number of nitrogens with zero attached hydrogens (tertiary/aromatic N) is 2. The van der Waals surface area contributed by atoms with E-state index in [-0.39, 0.29) is 11.5 Å². The lowest BCUT2D eigenvalue weighted by atomic mass is 10.2. The van der Waals surface area contributed by atoms with Crippen LogP contribution in [-0.2, 0) is 0 Å². The quantitative estimate of drug-likeness (QED) is 0.707. The van der Waals surface area contributed by atoms with Crippen LogP contribution in [0.25, 0.3) is 22.9 Å². The second kappa shape index (κ2) is 4.93. The van der Waals surface area contributed by atoms with E-state index >= 15 is 0 Å². The standard InChI is InChI=1S/C14H8BrFN2O/c15-10-6-7-11(12(16)8-10)14-18-17-13(19-14)9-4-2-1-3-5-9/h1-8H. The molecule has 1 heterocycles. The molecule has 2 aromatic carbocycles. The van der Waals surface area contributed by atoms with Gasteiger partial charge in [0.2, 0.25) is 5.89 Å². The lowest BCUT2D eigenvalue weighted by Gasteiger charge is -1.98. The molecule has 0 aliphatic heterocycles. The molecular weight excluding hydrogens is 311 g/mol. The Hall–Kier alpha value is -2.01. The second-order valence-electron chi connectivity index (χ2n) is 3.90. The summed E-state index contributed by atoms with van der Waals surface area (Å²) in [5.41, 5.74) is 1.09. The van der Waals surface area contributed by atoms with Crippen molar-refractivity contribution in [3.8, 4) is 22.9 Å². The zero-order chi connectivity index (χ0) is 13.2. The van der Waals surface area contributed by atoms with Gasteiger partial charge in [-0.1, -0.05) is 34.1 Å². The Bertz CT molecular complexity index is 712. The van der Waals surface area contributed by atoms with Crippen LogP contribution in [0.2, 0.25) is 0 Å². The monoisotopic (exact) mass is 318 g/mol. The van der Waals surface area contributed by atoms with Crippen LogP contribution < -0.4 is 0 Å². The Morgan fingerprint density at radius 3 is 2.42 bits per heavy atom. The molecule has 0 aliphatic carbocycles. The third kappa shape index (κ3) is 2.42. The van der Waals surface area contributed by atoms with Gasteiger partial charge in [0, 0.05) is 10.0 Å². The van der Waals surface area contributed by atoms with E-state index in [1.54, 1.807) is 12.1 Å². The lowest BCUT2D eigenvalue weighted by Crippen LogP contribution is -1.84. The van der Waals surface area contributed by atoms with E-state index in [1.165, 1.54) is 6.07 Å². The average Bonchev–Trinajstić information content (AvgIpc) is 2.89. The molecule has 0 unspecified atom stereocenters. The van der Waals surface area contributed by atoms with Gasteiger partial charge >= 0.3 is 0 Å². The number of hydrogen-bond acceptors (Lipinski definition) is 3. The van der Waals surface area contributed by atoms with E-state index in [9.17, 15) is 4.39 Å². The summed E-state index contributed by atoms with van der Waals surface area (Å²) in [6.07, 6.45) is 0. The average molecular weight is 319 g/mol. The molecule has 94 valence electrons. The van der Waals surface area contributed by atoms with Gasteiger partial charge in [0.05, 0.1) is 5.56 Å². The van der Waals surface area contributed by atoms with Gasteiger partial charge in [0.25, 0.3) is 5.89 Å². The summed E-state index contributed by atoms with van der Waals surface area (Å²) in [6, 6.07) is 14.0. The molecule has 3 rings (SSSR count). The van der Waals surface area contributed by atoms with Crippen LogP contribution in [0.4, 0.5) is 4.39 Å². The van der Waals surface area contributed by atoms with Crippen molar-refractivity contribution in [3.63, 3.8) is 0 Å². The zero-order valence-corrected chi connectivity index (χ0v) is 11.3. The van der Waals surface area contributed by atoms with Gasteiger partial charge in [-0.2, -0.15) is 0 Å². The van der Waals surface area contributed by atoms with E-state index in [1.807, 2.05) is 30.3 Å². The topological polar surface area (TPSA) is 38.9 Å². The van der Waals surface area contributed by atoms with E-state index in [0.29, 0.717) is 10.4 Å². The third-order valence-corrected chi connectivity index (χ3v) is 3.10. The normalized spacial score (nSPS) is 10.6. The highest BCUT2D eigenvalue weighted by Crippen LogP contribution is 2.27. The van der Waals surface area contributed by atoms with Crippen LogP contribution in [0.15, 0.2) is 57.4 Å². The molecule has 0 spiro atoms. The molecule has 19 heavy (non-hydrogen) atoms. The highest BCUT2D eigenvalue weighted by atomic mass is 79.9. The minimum atomic E-state index is -0.405. The highest BCUT2D eigenvalue weighted by molar-refractivity contribution is 9.10. The fourth-order valence-electron chi connectivity index (χ4n) is 1.69. The molecular formula is C14H8BrFN2O. The van der Waals surface area contributed by atoms with Crippen molar-refractivity contribution in [2.75, 3.05) is 0 Å². The molecule has 0 saturated carbocycles. The van der Waals surface area contributed by atoms with E-state index < -0.39 is 5.82 Å². The van der Waals surface area contributed by atoms with Crippen LogP contribution in [0.1, 0.15) is 0 Å². The Morgan fingerprint density at radius 2 is 1.68 bits per heavy atom. The molecule has 0 amide bonds. The van der Waals surface area contributed by atoms with Gasteiger partial charge in [-0.15, -0.1) is 10.2 Å². The number of benzene rings is 2. The number of rotatable bonds is 2. The maximum Gasteiger partial charge on any atom is 0.251 e. The molecule has 3 nitrogen and oxygen atoms in total. The lowest BCUT2D eigenvalue weighted by molar-refractivity contribution is 0.570. The van der Waals surface area contributed by atoms with E-state index in [0.717, 1.165) is 5.56 Å². The fraction of sp³-hybridized carbons (Fsp3) is 0. The van der Waals surface area contributed by atoms with Gasteiger partial charge in [-0.05, 0) is 30.3 Å². The first-order valence-corrected chi connectivity index (χ1v) is 6.38. The Balaban J connectivity index is 2.02. The fourth-order valence-corrected chi connectivity index (χ4v) is 2.03. The van der Waals surface area contributed by atoms with Gasteiger partial charge in [0.1, 0.15) is 5.82 Å². The predicted octanol–water partition coefficient (Wildman–Crippen LogP) is 4.31. The number of aromatic nitrogens is 2. The molecule has 0 N–H and O–H groups in total. The smallest absolute Gasteiger partial charge is 0.251 e. The molecule has 0 atom stereocenters. The summed E-state index contributed by atoms with van der Waals surface area (Å²) in [5.74, 6) is 0.138. The summed E-state index contributed by atoms with van der Waals surface area (Å²) >= 11 is 3.20.